The number of phenolic OH excluding ortho intramolecular Hbond substituents is 1. The quantitative estimate of drug-likeness (QED) is 0.897. The van der Waals surface area contributed by atoms with E-state index in [1.807, 2.05) is 19.9 Å². The summed E-state index contributed by atoms with van der Waals surface area (Å²) in [4.78, 5) is 4.14. The van der Waals surface area contributed by atoms with Gasteiger partial charge >= 0.3 is 0 Å². The molecule has 0 radical (unpaired) electrons. The molecule has 0 spiro atoms. The number of phenols is 1. The van der Waals surface area contributed by atoms with Gasteiger partial charge in [0.1, 0.15) is 17.2 Å². The van der Waals surface area contributed by atoms with E-state index in [2.05, 4.69) is 4.98 Å². The largest absolute Gasteiger partial charge is 0.508 e. The molecule has 0 saturated heterocycles. The molecule has 1 N–H and O–H groups in total. The van der Waals surface area contributed by atoms with Gasteiger partial charge in [-0.15, -0.1) is 0 Å². The summed E-state index contributed by atoms with van der Waals surface area (Å²) in [7, 11) is 0. The molecule has 1 aromatic heterocycles. The van der Waals surface area contributed by atoms with E-state index >= 15 is 0 Å². The van der Waals surface area contributed by atoms with Crippen LogP contribution in [0.2, 0.25) is 0 Å². The number of ether oxygens (including phenoxy) is 2. The Kier molecular flexibility index (Phi) is 3.67. The standard InChI is InChI=1S/C14H15NO3/c1-10(2)17-13-7-8-14(15-9-13)18-12-5-3-11(16)4-6-12/h3-10,16H,1-2H3. The van der Waals surface area contributed by atoms with Crippen molar-refractivity contribution in [2.24, 2.45) is 0 Å². The van der Waals surface area contributed by atoms with Crippen LogP contribution in [0.4, 0.5) is 0 Å². The molecule has 0 unspecified atom stereocenters. The Bertz CT molecular complexity index is 491. The molecule has 94 valence electrons. The molecule has 0 saturated carbocycles. The molecule has 18 heavy (non-hydrogen) atoms. The molecule has 4 nitrogen and oxygen atoms in total. The molecular formula is C14H15NO3. The normalized spacial score (nSPS) is 10.4. The lowest BCUT2D eigenvalue weighted by Crippen LogP contribution is -2.05. The van der Waals surface area contributed by atoms with E-state index in [9.17, 15) is 0 Å². The van der Waals surface area contributed by atoms with Crippen LogP contribution in [0.25, 0.3) is 0 Å². The van der Waals surface area contributed by atoms with E-state index in [4.69, 9.17) is 14.6 Å². The summed E-state index contributed by atoms with van der Waals surface area (Å²) in [5.74, 6) is 2.02. The predicted molar refractivity (Wildman–Crippen MR) is 68.2 cm³/mol. The van der Waals surface area contributed by atoms with E-state index < -0.39 is 0 Å². The molecule has 2 aromatic rings. The maximum atomic E-state index is 9.16. The summed E-state index contributed by atoms with van der Waals surface area (Å²) in [6.45, 7) is 3.92. The maximum absolute atomic E-state index is 9.16. The number of aromatic nitrogens is 1. The summed E-state index contributed by atoms with van der Waals surface area (Å²) in [5.41, 5.74) is 0. The van der Waals surface area contributed by atoms with Crippen molar-refractivity contribution in [3.05, 3.63) is 42.6 Å². The average Bonchev–Trinajstić information content (AvgIpc) is 2.34. The fraction of sp³-hybridized carbons (Fsp3) is 0.214. The number of hydrogen-bond acceptors (Lipinski definition) is 4. The van der Waals surface area contributed by atoms with Gasteiger partial charge in [0.15, 0.2) is 0 Å². The predicted octanol–water partition coefficient (Wildman–Crippen LogP) is 3.37. The summed E-state index contributed by atoms with van der Waals surface area (Å²) in [6, 6.07) is 10.0. The Morgan fingerprint density at radius 3 is 2.22 bits per heavy atom. The number of hydrogen-bond donors (Lipinski definition) is 1. The Hall–Kier alpha value is -2.23. The van der Waals surface area contributed by atoms with Crippen molar-refractivity contribution in [1.29, 1.82) is 0 Å². The van der Waals surface area contributed by atoms with Crippen molar-refractivity contribution in [3.8, 4) is 23.1 Å². The first-order valence-corrected chi connectivity index (χ1v) is 5.73. The zero-order valence-electron chi connectivity index (χ0n) is 10.3. The minimum Gasteiger partial charge on any atom is -0.508 e. The van der Waals surface area contributed by atoms with E-state index in [1.165, 1.54) is 0 Å². The van der Waals surface area contributed by atoms with Crippen LogP contribution in [0.1, 0.15) is 13.8 Å². The van der Waals surface area contributed by atoms with Gasteiger partial charge in [-0.1, -0.05) is 0 Å². The first kappa shape index (κ1) is 12.2. The summed E-state index contributed by atoms with van der Waals surface area (Å²) in [5, 5.41) is 9.16. The van der Waals surface area contributed by atoms with Crippen LogP contribution < -0.4 is 9.47 Å². The zero-order valence-corrected chi connectivity index (χ0v) is 10.3. The lowest BCUT2D eigenvalue weighted by atomic mass is 10.3. The lowest BCUT2D eigenvalue weighted by Gasteiger charge is -2.09. The third-order valence-electron chi connectivity index (χ3n) is 2.14. The van der Waals surface area contributed by atoms with Crippen LogP contribution in [-0.2, 0) is 0 Å². The Morgan fingerprint density at radius 2 is 1.67 bits per heavy atom. The highest BCUT2D eigenvalue weighted by Gasteiger charge is 2.01. The Labute approximate surface area is 106 Å². The third-order valence-corrected chi connectivity index (χ3v) is 2.14. The molecule has 0 aliphatic carbocycles. The lowest BCUT2D eigenvalue weighted by molar-refractivity contribution is 0.241. The second-order valence-electron chi connectivity index (χ2n) is 4.09. The van der Waals surface area contributed by atoms with Crippen LogP contribution in [-0.4, -0.2) is 16.2 Å². The molecule has 0 fully saturated rings. The van der Waals surface area contributed by atoms with Crippen molar-refractivity contribution in [2.45, 2.75) is 20.0 Å². The first-order valence-electron chi connectivity index (χ1n) is 5.73. The van der Waals surface area contributed by atoms with Gasteiger partial charge in [0.05, 0.1) is 12.3 Å². The topological polar surface area (TPSA) is 51.6 Å². The minimum absolute atomic E-state index is 0.121. The third kappa shape index (κ3) is 3.38. The van der Waals surface area contributed by atoms with Gasteiger partial charge in [0.25, 0.3) is 0 Å². The number of nitrogens with zero attached hydrogens (tertiary/aromatic N) is 1. The van der Waals surface area contributed by atoms with Crippen LogP contribution in [0.5, 0.6) is 23.1 Å². The SMILES string of the molecule is CC(C)Oc1ccc(Oc2ccc(O)cc2)nc1. The Morgan fingerprint density at radius 1 is 1.00 bits per heavy atom. The van der Waals surface area contributed by atoms with Gasteiger partial charge in [-0.05, 0) is 44.2 Å². The smallest absolute Gasteiger partial charge is 0.219 e. The number of rotatable bonds is 4. The first-order chi connectivity index (χ1) is 8.63. The monoisotopic (exact) mass is 245 g/mol. The minimum atomic E-state index is 0.121. The average molecular weight is 245 g/mol. The van der Waals surface area contributed by atoms with Crippen molar-refractivity contribution in [1.82, 2.24) is 4.98 Å². The van der Waals surface area contributed by atoms with Crippen LogP contribution in [0, 0.1) is 0 Å². The highest BCUT2D eigenvalue weighted by molar-refractivity contribution is 5.33. The molecule has 1 aromatic carbocycles. The van der Waals surface area contributed by atoms with E-state index in [1.54, 1.807) is 36.5 Å². The molecule has 1 heterocycles. The van der Waals surface area contributed by atoms with Crippen molar-refractivity contribution >= 4 is 0 Å². The maximum Gasteiger partial charge on any atom is 0.219 e. The van der Waals surface area contributed by atoms with Gasteiger partial charge < -0.3 is 14.6 Å². The zero-order chi connectivity index (χ0) is 13.0. The van der Waals surface area contributed by atoms with Crippen molar-refractivity contribution < 1.29 is 14.6 Å². The van der Waals surface area contributed by atoms with E-state index in [0.717, 1.165) is 0 Å². The fourth-order valence-electron chi connectivity index (χ4n) is 1.40. The molecule has 4 heteroatoms. The van der Waals surface area contributed by atoms with Gasteiger partial charge in [-0.3, -0.25) is 0 Å². The summed E-state index contributed by atoms with van der Waals surface area (Å²) in [6.07, 6.45) is 1.74. The van der Waals surface area contributed by atoms with Crippen LogP contribution >= 0.6 is 0 Å². The molecule has 0 amide bonds. The molecule has 0 atom stereocenters. The van der Waals surface area contributed by atoms with E-state index in [0.29, 0.717) is 17.4 Å². The second kappa shape index (κ2) is 5.40. The van der Waals surface area contributed by atoms with Crippen LogP contribution in [0.3, 0.4) is 0 Å². The van der Waals surface area contributed by atoms with Crippen molar-refractivity contribution in [3.63, 3.8) is 0 Å². The highest BCUT2D eigenvalue weighted by atomic mass is 16.5. The van der Waals surface area contributed by atoms with E-state index in [-0.39, 0.29) is 11.9 Å². The molecular weight excluding hydrogens is 230 g/mol. The second-order valence-corrected chi connectivity index (χ2v) is 4.09. The number of aromatic hydroxyl groups is 1. The summed E-state index contributed by atoms with van der Waals surface area (Å²) >= 11 is 0. The van der Waals surface area contributed by atoms with Gasteiger partial charge in [0, 0.05) is 6.07 Å². The Balaban J connectivity index is 2.04. The van der Waals surface area contributed by atoms with Crippen molar-refractivity contribution in [2.75, 3.05) is 0 Å². The number of benzene rings is 1. The van der Waals surface area contributed by atoms with Gasteiger partial charge in [0.2, 0.25) is 5.88 Å². The summed E-state index contributed by atoms with van der Waals surface area (Å²) < 4.78 is 11.0. The fourth-order valence-corrected chi connectivity index (χ4v) is 1.40. The molecule has 0 aliphatic heterocycles. The van der Waals surface area contributed by atoms with Gasteiger partial charge in [-0.25, -0.2) is 4.98 Å². The van der Waals surface area contributed by atoms with Crippen LogP contribution in [0.15, 0.2) is 42.6 Å². The molecule has 2 rings (SSSR count). The molecule has 0 bridgehead atoms. The van der Waals surface area contributed by atoms with Gasteiger partial charge in [-0.2, -0.15) is 0 Å². The number of pyridine rings is 1. The molecule has 0 aliphatic rings. The highest BCUT2D eigenvalue weighted by Crippen LogP contribution is 2.23.